The Morgan fingerprint density at radius 1 is 1.21 bits per heavy atom. The van der Waals surface area contributed by atoms with E-state index in [0.29, 0.717) is 16.6 Å². The van der Waals surface area contributed by atoms with Gasteiger partial charge in [-0.1, -0.05) is 41.4 Å². The fraction of sp³-hybridized carbons (Fsp3) is 0.105. The quantitative estimate of drug-likeness (QED) is 0.480. The highest BCUT2D eigenvalue weighted by Crippen LogP contribution is 2.30. The van der Waals surface area contributed by atoms with E-state index in [0.717, 1.165) is 21.7 Å². The number of aryl methyl sites for hydroxylation is 1. The molecule has 0 saturated heterocycles. The molecule has 0 aliphatic heterocycles. The topological polar surface area (TPSA) is 17.3 Å². The van der Waals surface area contributed by atoms with E-state index < -0.39 is 0 Å². The minimum atomic E-state index is 0.624. The molecule has 0 radical (unpaired) electrons. The fourth-order valence-corrected chi connectivity index (χ4v) is 3.88. The Morgan fingerprint density at radius 3 is 2.75 bits per heavy atom. The Hall–Kier alpha value is -1.81. The van der Waals surface area contributed by atoms with Gasteiger partial charge in [-0.3, -0.25) is 0 Å². The van der Waals surface area contributed by atoms with E-state index in [4.69, 9.17) is 28.2 Å². The predicted molar refractivity (Wildman–Crippen MR) is 104 cm³/mol. The Kier molecular flexibility index (Phi) is 5.24. The van der Waals surface area contributed by atoms with Gasteiger partial charge in [-0.15, -0.1) is 17.9 Å². The van der Waals surface area contributed by atoms with Crippen LogP contribution in [0.15, 0.2) is 65.5 Å². The molecule has 0 unspecified atom stereocenters. The Bertz CT molecular complexity index is 954. The van der Waals surface area contributed by atoms with Crippen LogP contribution in [0.4, 0.5) is 5.69 Å². The molecular formula is C19H16Cl2N2S. The lowest BCUT2D eigenvalue weighted by atomic mass is 10.1. The summed E-state index contributed by atoms with van der Waals surface area (Å²) in [6.07, 6.45) is 1.86. The second-order valence-electron chi connectivity index (χ2n) is 5.38. The van der Waals surface area contributed by atoms with E-state index in [1.807, 2.05) is 30.3 Å². The second-order valence-corrected chi connectivity index (χ2v) is 7.06. The smallest absolute Gasteiger partial charge is 0.190 e. The number of rotatable bonds is 4. The number of thiazole rings is 1. The standard InChI is InChI=1S/C19H16Cl2N2S/c1-3-9-23-18(16-8-7-14(20)11-17(16)21)12-24-19(23)22-15-6-4-5-13(2)10-15/h3-8,10-12H,1,9H2,2H3. The molecular weight excluding hydrogens is 359 g/mol. The number of allylic oxidation sites excluding steroid dienone is 1. The molecule has 0 saturated carbocycles. The number of halogens is 2. The number of hydrogen-bond acceptors (Lipinski definition) is 2. The third-order valence-electron chi connectivity index (χ3n) is 3.54. The van der Waals surface area contributed by atoms with Crippen molar-refractivity contribution in [3.8, 4) is 11.3 Å². The van der Waals surface area contributed by atoms with Gasteiger partial charge in [0.05, 0.1) is 16.4 Å². The maximum Gasteiger partial charge on any atom is 0.190 e. The summed E-state index contributed by atoms with van der Waals surface area (Å²) >= 11 is 14.0. The molecule has 1 heterocycles. The van der Waals surface area contributed by atoms with Crippen LogP contribution in [0, 0.1) is 6.92 Å². The summed E-state index contributed by atoms with van der Waals surface area (Å²) in [6, 6.07) is 13.7. The summed E-state index contributed by atoms with van der Waals surface area (Å²) in [5.41, 5.74) is 4.06. The zero-order chi connectivity index (χ0) is 17.1. The lowest BCUT2D eigenvalue weighted by Gasteiger charge is -2.08. The van der Waals surface area contributed by atoms with E-state index in [-0.39, 0.29) is 0 Å². The highest BCUT2D eigenvalue weighted by atomic mass is 35.5. The van der Waals surface area contributed by atoms with Gasteiger partial charge in [0.15, 0.2) is 4.80 Å². The first-order valence-corrected chi connectivity index (χ1v) is 9.08. The van der Waals surface area contributed by atoms with Crippen LogP contribution < -0.4 is 4.80 Å². The molecule has 0 bridgehead atoms. The van der Waals surface area contributed by atoms with E-state index >= 15 is 0 Å². The van der Waals surface area contributed by atoms with Crippen molar-refractivity contribution in [2.45, 2.75) is 13.5 Å². The zero-order valence-electron chi connectivity index (χ0n) is 13.2. The minimum Gasteiger partial charge on any atom is -0.313 e. The average Bonchev–Trinajstić information content (AvgIpc) is 2.91. The largest absolute Gasteiger partial charge is 0.313 e. The van der Waals surface area contributed by atoms with Crippen molar-refractivity contribution in [1.29, 1.82) is 0 Å². The number of hydrogen-bond donors (Lipinski definition) is 0. The normalized spacial score (nSPS) is 11.7. The molecule has 0 aliphatic rings. The molecule has 3 rings (SSSR count). The van der Waals surface area contributed by atoms with Crippen molar-refractivity contribution in [1.82, 2.24) is 4.57 Å². The first-order valence-electron chi connectivity index (χ1n) is 7.44. The summed E-state index contributed by atoms with van der Waals surface area (Å²) in [5, 5.41) is 3.31. The van der Waals surface area contributed by atoms with Crippen LogP contribution in [0.1, 0.15) is 5.56 Å². The maximum absolute atomic E-state index is 6.38. The average molecular weight is 375 g/mol. The predicted octanol–water partition coefficient (Wildman–Crippen LogP) is 6.25. The van der Waals surface area contributed by atoms with Gasteiger partial charge in [-0.2, -0.15) is 0 Å². The Labute approximate surface area is 155 Å². The first-order chi connectivity index (χ1) is 11.6. The van der Waals surface area contributed by atoms with Crippen molar-refractivity contribution in [2.75, 3.05) is 0 Å². The van der Waals surface area contributed by atoms with Crippen molar-refractivity contribution in [3.05, 3.63) is 80.9 Å². The molecule has 3 aromatic rings. The number of aromatic nitrogens is 1. The third kappa shape index (κ3) is 3.64. The lowest BCUT2D eigenvalue weighted by molar-refractivity contribution is 0.800. The SMILES string of the molecule is C=CCn1c(-c2ccc(Cl)cc2Cl)csc1=Nc1cccc(C)c1. The molecule has 2 aromatic carbocycles. The van der Waals surface area contributed by atoms with Gasteiger partial charge in [-0.25, -0.2) is 4.99 Å². The van der Waals surface area contributed by atoms with Gasteiger partial charge in [0, 0.05) is 22.5 Å². The molecule has 24 heavy (non-hydrogen) atoms. The Morgan fingerprint density at radius 2 is 2.04 bits per heavy atom. The second kappa shape index (κ2) is 7.39. The highest BCUT2D eigenvalue weighted by molar-refractivity contribution is 7.07. The van der Waals surface area contributed by atoms with Crippen LogP contribution >= 0.6 is 34.5 Å². The van der Waals surface area contributed by atoms with Gasteiger partial charge in [0.1, 0.15) is 0 Å². The molecule has 0 fully saturated rings. The van der Waals surface area contributed by atoms with Gasteiger partial charge < -0.3 is 4.57 Å². The van der Waals surface area contributed by atoms with E-state index in [9.17, 15) is 0 Å². The van der Waals surface area contributed by atoms with Crippen LogP contribution in [-0.2, 0) is 6.54 Å². The zero-order valence-corrected chi connectivity index (χ0v) is 15.5. The van der Waals surface area contributed by atoms with E-state index in [1.165, 1.54) is 5.56 Å². The van der Waals surface area contributed by atoms with Crippen molar-refractivity contribution >= 4 is 40.2 Å². The summed E-state index contributed by atoms with van der Waals surface area (Å²) < 4.78 is 2.11. The molecule has 0 atom stereocenters. The third-order valence-corrected chi connectivity index (χ3v) is 4.95. The molecule has 0 spiro atoms. The van der Waals surface area contributed by atoms with Crippen LogP contribution in [0.25, 0.3) is 11.3 Å². The van der Waals surface area contributed by atoms with Gasteiger partial charge >= 0.3 is 0 Å². The van der Waals surface area contributed by atoms with Crippen molar-refractivity contribution in [2.24, 2.45) is 4.99 Å². The molecule has 122 valence electrons. The van der Waals surface area contributed by atoms with Crippen molar-refractivity contribution < 1.29 is 0 Å². The van der Waals surface area contributed by atoms with Crippen LogP contribution in [0.2, 0.25) is 10.0 Å². The molecule has 2 nitrogen and oxygen atoms in total. The Balaban J connectivity index is 2.16. The van der Waals surface area contributed by atoms with E-state index in [1.54, 1.807) is 17.4 Å². The summed E-state index contributed by atoms with van der Waals surface area (Å²) in [5.74, 6) is 0. The number of benzene rings is 2. The summed E-state index contributed by atoms with van der Waals surface area (Å²) in [6.45, 7) is 6.57. The van der Waals surface area contributed by atoms with Gasteiger partial charge in [0.2, 0.25) is 0 Å². The van der Waals surface area contributed by atoms with E-state index in [2.05, 4.69) is 35.6 Å². The van der Waals surface area contributed by atoms with Gasteiger partial charge in [0.25, 0.3) is 0 Å². The fourth-order valence-electron chi connectivity index (χ4n) is 2.45. The summed E-state index contributed by atoms with van der Waals surface area (Å²) in [7, 11) is 0. The molecule has 5 heteroatoms. The molecule has 0 aliphatic carbocycles. The molecule has 0 N–H and O–H groups in total. The molecule has 1 aromatic heterocycles. The lowest BCUT2D eigenvalue weighted by Crippen LogP contribution is -2.14. The number of nitrogens with zero attached hydrogens (tertiary/aromatic N) is 2. The monoisotopic (exact) mass is 374 g/mol. The first kappa shape index (κ1) is 17.0. The van der Waals surface area contributed by atoms with Crippen LogP contribution in [0.3, 0.4) is 0 Å². The molecule has 0 amide bonds. The van der Waals surface area contributed by atoms with Crippen LogP contribution in [-0.4, -0.2) is 4.57 Å². The van der Waals surface area contributed by atoms with Gasteiger partial charge in [-0.05, 0) is 42.8 Å². The van der Waals surface area contributed by atoms with Crippen molar-refractivity contribution in [3.63, 3.8) is 0 Å². The highest BCUT2D eigenvalue weighted by Gasteiger charge is 2.11. The van der Waals surface area contributed by atoms with Crippen LogP contribution in [0.5, 0.6) is 0 Å². The maximum atomic E-state index is 6.38. The summed E-state index contributed by atoms with van der Waals surface area (Å²) in [4.78, 5) is 5.68. The minimum absolute atomic E-state index is 0.624.